The summed E-state index contributed by atoms with van der Waals surface area (Å²) in [6, 6.07) is 3.97. The van der Waals surface area contributed by atoms with Gasteiger partial charge in [-0.25, -0.2) is 4.58 Å². The van der Waals surface area contributed by atoms with E-state index >= 15 is 0 Å². The van der Waals surface area contributed by atoms with Gasteiger partial charge in [-0.1, -0.05) is 0 Å². The monoisotopic (exact) mass is 351 g/mol. The number of nitrogens with one attached hydrogen (secondary N) is 1. The second-order valence-electron chi connectivity index (χ2n) is 7.42. The quantitative estimate of drug-likeness (QED) is 0.677. The van der Waals surface area contributed by atoms with Crippen LogP contribution in [0.4, 0.5) is 5.82 Å². The Kier molecular flexibility index (Phi) is 4.41. The zero-order valence-electron chi connectivity index (χ0n) is 14.9. The van der Waals surface area contributed by atoms with Crippen molar-refractivity contribution in [2.75, 3.05) is 20.1 Å². The maximum Gasteiger partial charge on any atom is 0.335 e. The maximum atomic E-state index is 12.0. The van der Waals surface area contributed by atoms with Gasteiger partial charge in [0.05, 0.1) is 19.3 Å². The lowest BCUT2D eigenvalue weighted by atomic mass is 9.76. The van der Waals surface area contributed by atoms with Crippen LogP contribution in [-0.4, -0.2) is 56.7 Å². The fourth-order valence-corrected chi connectivity index (χ4v) is 4.51. The van der Waals surface area contributed by atoms with E-state index in [2.05, 4.69) is 25.7 Å². The fraction of sp³-hybridized carbons (Fsp3) is 0.526. The van der Waals surface area contributed by atoms with Crippen LogP contribution in [0.15, 0.2) is 18.6 Å². The van der Waals surface area contributed by atoms with Crippen molar-refractivity contribution in [3.8, 4) is 6.07 Å². The predicted octanol–water partition coefficient (Wildman–Crippen LogP) is 2.09. The molecule has 1 saturated heterocycles. The summed E-state index contributed by atoms with van der Waals surface area (Å²) in [6.07, 6.45) is 9.10. The summed E-state index contributed by atoms with van der Waals surface area (Å²) < 4.78 is 2.11. The summed E-state index contributed by atoms with van der Waals surface area (Å²) in [5.41, 5.74) is 0.849. The van der Waals surface area contributed by atoms with Crippen LogP contribution in [0.5, 0.6) is 0 Å². The second kappa shape index (κ2) is 6.87. The smallest absolute Gasteiger partial charge is 0.335 e. The first-order valence-corrected chi connectivity index (χ1v) is 9.16. The molecule has 2 aromatic rings. The Morgan fingerprint density at radius 2 is 2.27 bits per heavy atom. The molecule has 3 atom stereocenters. The highest BCUT2D eigenvalue weighted by molar-refractivity contribution is 5.83. The van der Waals surface area contributed by atoms with Gasteiger partial charge in [-0.15, -0.1) is 0 Å². The van der Waals surface area contributed by atoms with Crippen molar-refractivity contribution in [2.45, 2.75) is 25.7 Å². The first-order chi connectivity index (χ1) is 12.7. The van der Waals surface area contributed by atoms with Gasteiger partial charge in [0.25, 0.3) is 0 Å². The number of nitrogens with zero attached hydrogens (tertiary/aromatic N) is 5. The Morgan fingerprint density at radius 3 is 3.12 bits per heavy atom. The number of H-pyrrole nitrogens is 1. The minimum absolute atomic E-state index is 0.00188. The Morgan fingerprint density at radius 1 is 1.42 bits per heavy atom. The van der Waals surface area contributed by atoms with Crippen LogP contribution in [0.25, 0.3) is 11.0 Å². The molecule has 0 spiro atoms. The number of likely N-dealkylation sites (tertiary alicyclic amines) is 1. The number of carbonyl (C=O) groups excluding carboxylic acids is 1. The molecule has 2 fully saturated rings. The summed E-state index contributed by atoms with van der Waals surface area (Å²) in [7, 11) is 2.04. The third-order valence-corrected chi connectivity index (χ3v) is 5.77. The Bertz CT molecular complexity index is 895. The molecule has 1 aliphatic heterocycles. The molecule has 2 aliphatic rings. The molecule has 0 aromatic carbocycles. The van der Waals surface area contributed by atoms with Crippen molar-refractivity contribution in [1.82, 2.24) is 19.9 Å². The molecule has 1 N–H and O–H groups in total. The third-order valence-electron chi connectivity index (χ3n) is 5.77. The molecule has 1 saturated carbocycles. The van der Waals surface area contributed by atoms with Crippen LogP contribution in [0, 0.1) is 29.1 Å². The lowest BCUT2D eigenvalue weighted by molar-refractivity contribution is -0.405. The highest BCUT2D eigenvalue weighted by Crippen LogP contribution is 2.38. The highest BCUT2D eigenvalue weighted by Gasteiger charge is 2.39. The number of amides is 1. The van der Waals surface area contributed by atoms with Crippen LogP contribution in [0.3, 0.4) is 0 Å². The molecule has 0 radical (unpaired) electrons. The first-order valence-electron chi connectivity index (χ1n) is 9.16. The van der Waals surface area contributed by atoms with Gasteiger partial charge in [0.1, 0.15) is 17.5 Å². The predicted molar refractivity (Wildman–Crippen MR) is 96.9 cm³/mol. The molecule has 2 aromatic heterocycles. The van der Waals surface area contributed by atoms with E-state index in [4.69, 9.17) is 5.26 Å². The molecule has 1 aliphatic carbocycles. The van der Waals surface area contributed by atoms with E-state index in [0.717, 1.165) is 49.2 Å². The van der Waals surface area contributed by atoms with E-state index in [9.17, 15) is 4.79 Å². The fourth-order valence-electron chi connectivity index (χ4n) is 4.51. The van der Waals surface area contributed by atoms with Gasteiger partial charge < -0.3 is 9.88 Å². The van der Waals surface area contributed by atoms with E-state index < -0.39 is 0 Å². The molecular formula is C19H23N6O+. The molecule has 3 heterocycles. The third kappa shape index (κ3) is 3.07. The van der Waals surface area contributed by atoms with Crippen LogP contribution in [-0.2, 0) is 4.79 Å². The summed E-state index contributed by atoms with van der Waals surface area (Å²) in [5.74, 6) is 2.50. The van der Waals surface area contributed by atoms with Crippen LogP contribution in [0.1, 0.15) is 25.7 Å². The van der Waals surface area contributed by atoms with Crippen molar-refractivity contribution in [1.29, 1.82) is 5.26 Å². The Balaban J connectivity index is 1.47. The van der Waals surface area contributed by atoms with Crippen molar-refractivity contribution >= 4 is 29.0 Å². The van der Waals surface area contributed by atoms with Gasteiger partial charge in [0.2, 0.25) is 12.2 Å². The minimum atomic E-state index is -0.0182. The molecule has 26 heavy (non-hydrogen) atoms. The Hall–Kier alpha value is -2.75. The number of rotatable bonds is 3. The number of carbonyl (C=O) groups is 1. The van der Waals surface area contributed by atoms with Gasteiger partial charge in [-0.3, -0.25) is 4.79 Å². The molecule has 134 valence electrons. The highest BCUT2D eigenvalue weighted by atomic mass is 16.2. The maximum absolute atomic E-state index is 12.0. The molecular weight excluding hydrogens is 328 g/mol. The van der Waals surface area contributed by atoms with Gasteiger partial charge >= 0.3 is 5.82 Å². The van der Waals surface area contributed by atoms with E-state index in [1.165, 1.54) is 0 Å². The van der Waals surface area contributed by atoms with Crippen LogP contribution in [0.2, 0.25) is 0 Å². The molecule has 7 heteroatoms. The van der Waals surface area contributed by atoms with Gasteiger partial charge in [0.15, 0.2) is 0 Å². The van der Waals surface area contributed by atoms with E-state index in [0.29, 0.717) is 17.8 Å². The lowest BCUT2D eigenvalue weighted by Crippen LogP contribution is -2.28. The van der Waals surface area contributed by atoms with Gasteiger partial charge in [0, 0.05) is 25.2 Å². The minimum Gasteiger partial charge on any atom is -0.346 e. The Labute approximate surface area is 152 Å². The number of hydrogen-bond donors (Lipinski definition) is 1. The number of aromatic amines is 1. The van der Waals surface area contributed by atoms with Crippen molar-refractivity contribution in [3.63, 3.8) is 0 Å². The first kappa shape index (κ1) is 16.7. The SMILES string of the molecule is C[N+](=CC1CC[C@H]2CN(C(=O)CC#N)C[C@H]2C1)c1ncnc2[nH]ccc12. The van der Waals surface area contributed by atoms with E-state index in [1.807, 2.05) is 30.3 Å². The number of fused-ring (bicyclic) bond motifs is 2. The van der Waals surface area contributed by atoms with Gasteiger partial charge in [-0.2, -0.15) is 10.2 Å². The summed E-state index contributed by atoms with van der Waals surface area (Å²) >= 11 is 0. The lowest BCUT2D eigenvalue weighted by Gasteiger charge is -2.28. The van der Waals surface area contributed by atoms with Crippen molar-refractivity contribution in [3.05, 3.63) is 18.6 Å². The molecule has 7 nitrogen and oxygen atoms in total. The number of aromatic nitrogens is 3. The van der Waals surface area contributed by atoms with Crippen LogP contribution >= 0.6 is 0 Å². The topological polar surface area (TPSA) is 88.7 Å². The van der Waals surface area contributed by atoms with E-state index in [-0.39, 0.29) is 12.3 Å². The average Bonchev–Trinajstić information content (AvgIpc) is 3.27. The zero-order valence-corrected chi connectivity index (χ0v) is 14.9. The standard InChI is InChI=1S/C19H23N6O/c1-24(19-16-5-7-21-18(16)22-12-23-19)9-13-2-3-14-10-25(11-15(14)8-13)17(26)4-6-20/h5,7,9,12-15H,2-4,8,10-11H2,1H3,(H,21,22,23)/q+1/t13?,14-,15+/m0/s1. The number of nitriles is 1. The number of hydrogen-bond acceptors (Lipinski definition) is 4. The van der Waals surface area contributed by atoms with Gasteiger partial charge in [-0.05, 0) is 42.1 Å². The summed E-state index contributed by atoms with van der Waals surface area (Å²) in [6.45, 7) is 1.62. The van der Waals surface area contributed by atoms with Crippen LogP contribution < -0.4 is 0 Å². The van der Waals surface area contributed by atoms with Crippen molar-refractivity contribution < 1.29 is 9.37 Å². The van der Waals surface area contributed by atoms with Crippen molar-refractivity contribution in [2.24, 2.45) is 17.8 Å². The summed E-state index contributed by atoms with van der Waals surface area (Å²) in [4.78, 5) is 25.7. The molecule has 1 amide bonds. The van der Waals surface area contributed by atoms with E-state index in [1.54, 1.807) is 6.33 Å². The average molecular weight is 351 g/mol. The zero-order chi connectivity index (χ0) is 18.1. The molecule has 0 bridgehead atoms. The second-order valence-corrected chi connectivity index (χ2v) is 7.42. The molecule has 4 rings (SSSR count). The normalized spacial score (nSPS) is 25.9. The summed E-state index contributed by atoms with van der Waals surface area (Å²) in [5, 5.41) is 9.77. The molecule has 1 unspecified atom stereocenters. The largest absolute Gasteiger partial charge is 0.346 e.